The average molecular weight is 822 g/mol. The second-order valence-corrected chi connectivity index (χ2v) is 18.0. The number of fused-ring (bicyclic) bond motifs is 1. The van der Waals surface area contributed by atoms with Crippen LogP contribution in [0.15, 0.2) is 71.8 Å². The van der Waals surface area contributed by atoms with Gasteiger partial charge >= 0.3 is 24.0 Å². The van der Waals surface area contributed by atoms with Gasteiger partial charge in [0.1, 0.15) is 35.8 Å². The summed E-state index contributed by atoms with van der Waals surface area (Å²) in [5.41, 5.74) is -5.43. The van der Waals surface area contributed by atoms with E-state index in [4.69, 9.17) is 23.7 Å². The minimum absolute atomic E-state index is 0.0332. The van der Waals surface area contributed by atoms with Gasteiger partial charge in [0.25, 0.3) is 0 Å². The number of amides is 1. The van der Waals surface area contributed by atoms with Crippen molar-refractivity contribution in [2.45, 2.75) is 129 Å². The van der Waals surface area contributed by atoms with Crippen molar-refractivity contribution in [3.63, 3.8) is 0 Å². The van der Waals surface area contributed by atoms with Gasteiger partial charge in [0.2, 0.25) is 0 Å². The summed E-state index contributed by atoms with van der Waals surface area (Å²) in [6, 6.07) is 15.2. The van der Waals surface area contributed by atoms with Crippen LogP contribution in [0.4, 0.5) is 4.79 Å². The summed E-state index contributed by atoms with van der Waals surface area (Å²) in [6.07, 6.45) is -6.21. The number of hydrogen-bond donors (Lipinski definition) is 4. The lowest BCUT2D eigenvalue weighted by Gasteiger charge is -2.61. The Hall–Kier alpha value is -4.63. The molecule has 4 unspecified atom stereocenters. The van der Waals surface area contributed by atoms with Crippen LogP contribution in [0.5, 0.6) is 0 Å². The molecular weight excluding hydrogens is 762 g/mol. The number of ketones is 1. The van der Waals surface area contributed by atoms with E-state index in [0.717, 1.165) is 0 Å². The highest BCUT2D eigenvalue weighted by Gasteiger charge is 2.69. The van der Waals surface area contributed by atoms with Crippen molar-refractivity contribution in [3.8, 4) is 0 Å². The van der Waals surface area contributed by atoms with E-state index in [2.05, 4.69) is 5.32 Å². The lowest BCUT2D eigenvalue weighted by atomic mass is 9.51. The number of nitrogens with one attached hydrogen (secondary N) is 1. The molecule has 2 fully saturated rings. The van der Waals surface area contributed by atoms with Gasteiger partial charge in [0, 0.05) is 37.0 Å². The van der Waals surface area contributed by atoms with E-state index in [1.165, 1.54) is 6.92 Å². The van der Waals surface area contributed by atoms with Crippen LogP contribution in [-0.2, 0) is 38.1 Å². The molecule has 1 heterocycles. The summed E-state index contributed by atoms with van der Waals surface area (Å²) in [5.74, 6) is -4.58. The zero-order valence-electron chi connectivity index (χ0n) is 35.6. The van der Waals surface area contributed by atoms with Crippen LogP contribution >= 0.6 is 0 Å². The van der Waals surface area contributed by atoms with Gasteiger partial charge in [-0.1, -0.05) is 76.2 Å². The summed E-state index contributed by atoms with van der Waals surface area (Å²) >= 11 is 0. The van der Waals surface area contributed by atoms with Crippen molar-refractivity contribution in [2.24, 2.45) is 22.7 Å². The summed E-state index contributed by atoms with van der Waals surface area (Å²) < 4.78 is 28.7. The summed E-state index contributed by atoms with van der Waals surface area (Å²) in [7, 11) is 0. The molecule has 5 rings (SSSR count). The molecule has 1 amide bonds. The highest BCUT2D eigenvalue weighted by atomic mass is 16.6. The molecule has 4 N–H and O–H groups in total. The van der Waals surface area contributed by atoms with E-state index in [0.29, 0.717) is 16.7 Å². The molecule has 322 valence electrons. The molecule has 0 aromatic heterocycles. The topological polar surface area (TPSA) is 204 Å². The molecule has 14 heteroatoms. The Morgan fingerprint density at radius 2 is 1.58 bits per heavy atom. The van der Waals surface area contributed by atoms with Crippen LogP contribution in [0, 0.1) is 22.7 Å². The number of carbonyl (C=O) groups is 5. The van der Waals surface area contributed by atoms with Gasteiger partial charge in [-0.25, -0.2) is 14.4 Å². The van der Waals surface area contributed by atoms with Crippen molar-refractivity contribution in [2.75, 3.05) is 13.2 Å². The van der Waals surface area contributed by atoms with Gasteiger partial charge in [-0.05, 0) is 63.5 Å². The molecule has 0 bridgehead atoms. The first-order valence-corrected chi connectivity index (χ1v) is 20.0. The second kappa shape index (κ2) is 16.8. The van der Waals surface area contributed by atoms with Gasteiger partial charge in [0.05, 0.1) is 29.7 Å². The highest BCUT2D eigenvalue weighted by molar-refractivity contribution is 5.91. The number of carbonyl (C=O) groups excluding carboxylic acids is 5. The summed E-state index contributed by atoms with van der Waals surface area (Å²) in [4.78, 5) is 67.6. The molecular formula is C45H59NO13. The number of benzene rings is 2. The number of esters is 3. The van der Waals surface area contributed by atoms with E-state index in [9.17, 15) is 34.5 Å². The standard InChI is InChI=1S/C45H59NO13/c1-25-31(57-39(52)36(49)35(29-17-13-11-14-18-29)46-40(53)59-41(5,6)7)22-44(54,23-56-38(51)30-19-15-12-16-20-30)42(8,9)34(25)26(2)37(50)43(10)27(3)45(58-28(4)47)24-55-33(45)21-32(43)48/h11-20,26-27,31-33,35-36,48-49,54H,21-24H2,1-10H3,(H,46,53)/t26-,27+,31?,32+,33?,35?,36?,43+,44-,45-/m1/s1. The molecule has 2 aromatic carbocycles. The van der Waals surface area contributed by atoms with Crippen LogP contribution in [0.25, 0.3) is 0 Å². The lowest BCUT2D eigenvalue weighted by molar-refractivity contribution is -0.314. The van der Waals surface area contributed by atoms with E-state index in [1.54, 1.807) is 123 Å². The number of Topliss-reactive ketones (excluding diaryl/α,β-unsaturated/α-hetero) is 1. The molecule has 2 aromatic rings. The quantitative estimate of drug-likeness (QED) is 0.124. The number of alkyl carbamates (subject to hydrolysis) is 1. The van der Waals surface area contributed by atoms with Crippen LogP contribution in [0.2, 0.25) is 0 Å². The fourth-order valence-electron chi connectivity index (χ4n) is 9.22. The van der Waals surface area contributed by atoms with Crippen LogP contribution in [0.1, 0.15) is 104 Å². The molecule has 0 radical (unpaired) electrons. The molecule has 1 saturated heterocycles. The molecule has 10 atom stereocenters. The van der Waals surface area contributed by atoms with Crippen molar-refractivity contribution in [1.29, 1.82) is 0 Å². The maximum atomic E-state index is 15.1. The monoisotopic (exact) mass is 821 g/mol. The second-order valence-electron chi connectivity index (χ2n) is 18.0. The number of aliphatic hydroxyl groups excluding tert-OH is 2. The largest absolute Gasteiger partial charge is 0.459 e. The molecule has 2 aliphatic carbocycles. The minimum Gasteiger partial charge on any atom is -0.459 e. The Morgan fingerprint density at radius 1 is 0.983 bits per heavy atom. The minimum atomic E-state index is -1.97. The maximum absolute atomic E-state index is 15.1. The Kier molecular flexibility index (Phi) is 12.9. The number of hydrogen-bond acceptors (Lipinski definition) is 13. The van der Waals surface area contributed by atoms with Gasteiger partial charge in [0.15, 0.2) is 11.7 Å². The van der Waals surface area contributed by atoms with Crippen molar-refractivity contribution >= 4 is 29.8 Å². The highest BCUT2D eigenvalue weighted by Crippen LogP contribution is 2.57. The molecule has 0 spiro atoms. The number of ether oxygens (including phenoxy) is 5. The Bertz CT molecular complexity index is 1940. The SMILES string of the molecule is CC(=O)O[C@@]12COC1C[C@H](O)[C@@](C)(C(=O)[C@H](C)C1=C(C)C(OC(=O)C(O)C(NC(=O)OC(C)(C)C)c3ccccc3)C[C@@](O)(COC(=O)c3ccccc3)C1(C)C)[C@@H]2C. The first-order valence-electron chi connectivity index (χ1n) is 20.0. The first kappa shape index (κ1) is 45.5. The van der Waals surface area contributed by atoms with Crippen LogP contribution < -0.4 is 5.32 Å². The molecule has 59 heavy (non-hydrogen) atoms. The number of rotatable bonds is 12. The summed E-state index contributed by atoms with van der Waals surface area (Å²) in [6.45, 7) is 15.9. The van der Waals surface area contributed by atoms with Gasteiger partial charge in [-0.2, -0.15) is 0 Å². The van der Waals surface area contributed by atoms with Crippen LogP contribution in [-0.4, -0.2) is 99.5 Å². The third-order valence-electron chi connectivity index (χ3n) is 12.9. The van der Waals surface area contributed by atoms with E-state index in [-0.39, 0.29) is 25.0 Å². The fourth-order valence-corrected chi connectivity index (χ4v) is 9.22. The Morgan fingerprint density at radius 3 is 2.12 bits per heavy atom. The van der Waals surface area contributed by atoms with E-state index < -0.39 is 106 Å². The zero-order chi connectivity index (χ0) is 43.9. The summed E-state index contributed by atoms with van der Waals surface area (Å²) in [5, 5.41) is 38.5. The Balaban J connectivity index is 1.53. The maximum Gasteiger partial charge on any atom is 0.408 e. The molecule has 1 aliphatic heterocycles. The molecule has 3 aliphatic rings. The average Bonchev–Trinajstić information content (AvgIpc) is 3.16. The van der Waals surface area contributed by atoms with E-state index >= 15 is 4.79 Å². The van der Waals surface area contributed by atoms with Gasteiger partial charge < -0.3 is 44.3 Å². The number of aliphatic hydroxyl groups is 3. The normalized spacial score (nSPS) is 30.3. The third-order valence-corrected chi connectivity index (χ3v) is 12.9. The predicted molar refractivity (Wildman–Crippen MR) is 214 cm³/mol. The first-order chi connectivity index (χ1) is 27.4. The smallest absolute Gasteiger partial charge is 0.408 e. The molecule has 14 nitrogen and oxygen atoms in total. The van der Waals surface area contributed by atoms with Crippen molar-refractivity contribution < 1.29 is 63.0 Å². The molecule has 1 saturated carbocycles. The van der Waals surface area contributed by atoms with Crippen molar-refractivity contribution in [1.82, 2.24) is 5.32 Å². The Labute approximate surface area is 345 Å². The van der Waals surface area contributed by atoms with Crippen LogP contribution in [0.3, 0.4) is 0 Å². The van der Waals surface area contributed by atoms with Gasteiger partial charge in [-0.3, -0.25) is 9.59 Å². The zero-order valence-corrected chi connectivity index (χ0v) is 35.6. The lowest BCUT2D eigenvalue weighted by Crippen LogP contribution is -2.74. The van der Waals surface area contributed by atoms with Crippen molar-refractivity contribution in [3.05, 3.63) is 82.9 Å². The predicted octanol–water partition coefficient (Wildman–Crippen LogP) is 5.17. The fraction of sp³-hybridized carbons (Fsp3) is 0.578. The third kappa shape index (κ3) is 8.68. The van der Waals surface area contributed by atoms with Gasteiger partial charge in [-0.15, -0.1) is 0 Å². The van der Waals surface area contributed by atoms with E-state index in [1.807, 2.05) is 0 Å².